The molecule has 0 bridgehead atoms. The zero-order valence-electron chi connectivity index (χ0n) is 20.5. The number of carbonyl (C=O) groups is 2. The van der Waals surface area contributed by atoms with E-state index >= 15 is 0 Å². The highest BCUT2D eigenvalue weighted by Gasteiger charge is 2.27. The number of nitrogens with one attached hydrogen (secondary N) is 1. The van der Waals surface area contributed by atoms with Crippen LogP contribution in [0.2, 0.25) is 10.0 Å². The highest BCUT2D eigenvalue weighted by molar-refractivity contribution is 7.92. The quantitative estimate of drug-likeness (QED) is 0.415. The van der Waals surface area contributed by atoms with Crippen molar-refractivity contribution in [3.63, 3.8) is 0 Å². The zero-order valence-corrected chi connectivity index (χ0v) is 22.8. The fourth-order valence-corrected chi connectivity index (χ4v) is 4.87. The van der Waals surface area contributed by atoms with Gasteiger partial charge in [-0.2, -0.15) is 0 Å². The maximum absolute atomic E-state index is 13.3. The summed E-state index contributed by atoms with van der Waals surface area (Å²) in [6.07, 6.45) is 2.21. The van der Waals surface area contributed by atoms with Gasteiger partial charge in [0.25, 0.3) is 0 Å². The highest BCUT2D eigenvalue weighted by atomic mass is 35.5. The van der Waals surface area contributed by atoms with E-state index in [2.05, 4.69) is 5.32 Å². The predicted octanol–water partition coefficient (Wildman–Crippen LogP) is 4.87. The Bertz CT molecular complexity index is 1130. The van der Waals surface area contributed by atoms with Crippen molar-refractivity contribution in [1.82, 2.24) is 10.2 Å². The van der Waals surface area contributed by atoms with Crippen molar-refractivity contribution in [2.24, 2.45) is 0 Å². The fraction of sp³-hybridized carbons (Fsp3) is 0.440. The largest absolute Gasteiger partial charge is 0.352 e. The molecule has 2 aromatic rings. The molecule has 0 aliphatic carbocycles. The zero-order chi connectivity index (χ0) is 26.2. The third-order valence-corrected chi connectivity index (χ3v) is 7.32. The molecule has 35 heavy (non-hydrogen) atoms. The van der Waals surface area contributed by atoms with Crippen LogP contribution in [0.1, 0.15) is 45.6 Å². The minimum Gasteiger partial charge on any atom is -0.352 e. The molecule has 0 heterocycles. The summed E-state index contributed by atoms with van der Waals surface area (Å²) < 4.78 is 26.0. The van der Waals surface area contributed by atoms with Crippen LogP contribution >= 0.6 is 23.2 Å². The maximum atomic E-state index is 13.3. The summed E-state index contributed by atoms with van der Waals surface area (Å²) in [7, 11) is -3.58. The van der Waals surface area contributed by atoms with E-state index < -0.39 is 16.1 Å². The van der Waals surface area contributed by atoms with Gasteiger partial charge in [0, 0.05) is 35.6 Å². The lowest BCUT2D eigenvalue weighted by atomic mass is 10.1. The monoisotopic (exact) mass is 541 g/mol. The second-order valence-electron chi connectivity index (χ2n) is 8.56. The van der Waals surface area contributed by atoms with Crippen molar-refractivity contribution in [2.75, 3.05) is 17.1 Å². The van der Waals surface area contributed by atoms with Crippen LogP contribution in [0.25, 0.3) is 0 Å². The lowest BCUT2D eigenvalue weighted by Crippen LogP contribution is -2.49. The van der Waals surface area contributed by atoms with Gasteiger partial charge in [-0.3, -0.25) is 13.9 Å². The molecule has 0 unspecified atom stereocenters. The Morgan fingerprint density at radius 3 is 2.23 bits per heavy atom. The van der Waals surface area contributed by atoms with Gasteiger partial charge in [0.1, 0.15) is 6.04 Å². The van der Waals surface area contributed by atoms with Crippen LogP contribution in [-0.4, -0.2) is 50.0 Å². The van der Waals surface area contributed by atoms with Crippen molar-refractivity contribution in [1.29, 1.82) is 0 Å². The summed E-state index contributed by atoms with van der Waals surface area (Å²) in [5.41, 5.74) is 1.23. The molecule has 0 fully saturated rings. The molecule has 0 aliphatic heterocycles. The number of hydrogen-bond acceptors (Lipinski definition) is 4. The van der Waals surface area contributed by atoms with Crippen LogP contribution in [0.3, 0.4) is 0 Å². The molecule has 0 radical (unpaired) electrons. The molecule has 2 atom stereocenters. The first-order chi connectivity index (χ1) is 16.4. The summed E-state index contributed by atoms with van der Waals surface area (Å²) in [5, 5.41) is 3.88. The number of rotatable bonds is 12. The Hall–Kier alpha value is -2.29. The number of hydrogen-bond donors (Lipinski definition) is 1. The molecular formula is C25H33Cl2N3O4S. The first-order valence-electron chi connectivity index (χ1n) is 11.5. The number of nitrogens with zero attached hydrogens (tertiary/aromatic N) is 2. The summed E-state index contributed by atoms with van der Waals surface area (Å²) in [6.45, 7) is 5.87. The molecule has 2 aromatic carbocycles. The average Bonchev–Trinajstić information content (AvgIpc) is 2.78. The molecule has 2 rings (SSSR count). The van der Waals surface area contributed by atoms with Crippen molar-refractivity contribution < 1.29 is 18.0 Å². The van der Waals surface area contributed by atoms with Gasteiger partial charge in [0.15, 0.2) is 0 Å². The number of halogens is 2. The van der Waals surface area contributed by atoms with Crippen LogP contribution in [0.5, 0.6) is 0 Å². The third kappa shape index (κ3) is 9.02. The molecule has 0 aliphatic rings. The van der Waals surface area contributed by atoms with E-state index in [1.165, 1.54) is 9.21 Å². The SMILES string of the molecule is CC[C@@H](C)NC(=O)[C@@H](C)N(Cc1cccc(Cl)c1)C(=O)CCCN(c1cccc(Cl)c1)S(C)(=O)=O. The molecular weight excluding hydrogens is 509 g/mol. The van der Waals surface area contributed by atoms with Gasteiger partial charge < -0.3 is 10.2 Å². The standard InChI is InChI=1S/C25H33Cl2N3O4S/c1-5-18(2)28-25(32)19(3)29(17-20-9-6-10-21(26)15-20)24(31)13-8-14-30(35(4,33)34)23-12-7-11-22(27)16-23/h6-7,9-12,15-16,18-19H,5,8,13-14,17H2,1-4H3,(H,28,32)/t18-,19-/m1/s1. The predicted molar refractivity (Wildman–Crippen MR) is 142 cm³/mol. The number of amides is 2. The number of carbonyl (C=O) groups excluding carboxylic acids is 2. The van der Waals surface area contributed by atoms with E-state index in [0.717, 1.165) is 18.2 Å². The minimum absolute atomic E-state index is 0.0194. The van der Waals surface area contributed by atoms with Gasteiger partial charge in [-0.25, -0.2) is 8.42 Å². The Balaban J connectivity index is 2.17. The fourth-order valence-electron chi connectivity index (χ4n) is 3.52. The van der Waals surface area contributed by atoms with Gasteiger partial charge >= 0.3 is 0 Å². The first-order valence-corrected chi connectivity index (χ1v) is 14.1. The molecule has 0 saturated heterocycles. The topological polar surface area (TPSA) is 86.8 Å². The molecule has 0 spiro atoms. The van der Waals surface area contributed by atoms with E-state index in [4.69, 9.17) is 23.2 Å². The van der Waals surface area contributed by atoms with E-state index in [1.807, 2.05) is 19.9 Å². The van der Waals surface area contributed by atoms with Gasteiger partial charge in [-0.15, -0.1) is 0 Å². The van der Waals surface area contributed by atoms with Crippen LogP contribution < -0.4 is 9.62 Å². The second-order valence-corrected chi connectivity index (χ2v) is 11.3. The molecule has 2 amide bonds. The van der Waals surface area contributed by atoms with Gasteiger partial charge in [-0.1, -0.05) is 48.3 Å². The number of anilines is 1. The van der Waals surface area contributed by atoms with Crippen molar-refractivity contribution in [2.45, 2.75) is 58.7 Å². The van der Waals surface area contributed by atoms with E-state index in [0.29, 0.717) is 15.7 Å². The number of sulfonamides is 1. The van der Waals surface area contributed by atoms with Crippen LogP contribution in [0.4, 0.5) is 5.69 Å². The maximum Gasteiger partial charge on any atom is 0.242 e. The van der Waals surface area contributed by atoms with Crippen molar-refractivity contribution in [3.05, 3.63) is 64.1 Å². The summed E-state index contributed by atoms with van der Waals surface area (Å²) in [5.74, 6) is -0.497. The molecule has 10 heteroatoms. The van der Waals surface area contributed by atoms with Crippen LogP contribution in [0, 0.1) is 0 Å². The Kier molecular flexibility index (Phi) is 10.9. The minimum atomic E-state index is -3.58. The first kappa shape index (κ1) is 28.9. The van der Waals surface area contributed by atoms with E-state index in [-0.39, 0.29) is 43.8 Å². The third-order valence-electron chi connectivity index (χ3n) is 5.66. The van der Waals surface area contributed by atoms with E-state index in [1.54, 1.807) is 49.4 Å². The Morgan fingerprint density at radius 1 is 1.03 bits per heavy atom. The summed E-state index contributed by atoms with van der Waals surface area (Å²) in [4.78, 5) is 27.6. The molecule has 192 valence electrons. The summed E-state index contributed by atoms with van der Waals surface area (Å²) in [6, 6.07) is 13.0. The van der Waals surface area contributed by atoms with E-state index in [9.17, 15) is 18.0 Å². The smallest absolute Gasteiger partial charge is 0.242 e. The van der Waals surface area contributed by atoms with Crippen molar-refractivity contribution >= 4 is 50.7 Å². The Morgan fingerprint density at radius 2 is 1.66 bits per heavy atom. The molecule has 0 aromatic heterocycles. The second kappa shape index (κ2) is 13.1. The average molecular weight is 543 g/mol. The highest BCUT2D eigenvalue weighted by Crippen LogP contribution is 2.23. The lowest BCUT2D eigenvalue weighted by molar-refractivity contribution is -0.140. The van der Waals surface area contributed by atoms with Gasteiger partial charge in [0.2, 0.25) is 21.8 Å². The van der Waals surface area contributed by atoms with Crippen molar-refractivity contribution in [3.8, 4) is 0 Å². The van der Waals surface area contributed by atoms with Crippen LogP contribution in [-0.2, 0) is 26.2 Å². The van der Waals surface area contributed by atoms with Gasteiger partial charge in [0.05, 0.1) is 11.9 Å². The molecule has 1 N–H and O–H groups in total. The summed E-state index contributed by atoms with van der Waals surface area (Å²) >= 11 is 12.1. The normalized spacial score (nSPS) is 13.1. The van der Waals surface area contributed by atoms with Crippen LogP contribution in [0.15, 0.2) is 48.5 Å². The Labute approximate surface area is 218 Å². The number of benzene rings is 2. The molecule has 0 saturated carbocycles. The lowest BCUT2D eigenvalue weighted by Gasteiger charge is -2.30. The van der Waals surface area contributed by atoms with Gasteiger partial charge in [-0.05, 0) is 62.6 Å². The molecule has 7 nitrogen and oxygen atoms in total.